The van der Waals surface area contributed by atoms with Crippen molar-refractivity contribution in [1.29, 1.82) is 0 Å². The van der Waals surface area contributed by atoms with Gasteiger partial charge in [-0.05, 0) is 12.1 Å². The van der Waals surface area contributed by atoms with Crippen molar-refractivity contribution < 1.29 is 21.9 Å². The first kappa shape index (κ1) is 17.5. The number of nitrogen functional groups attached to an aromatic ring is 1. The lowest BCUT2D eigenvalue weighted by molar-refractivity contribution is -0.0230. The second-order valence-corrected chi connectivity index (χ2v) is 8.33. The molecule has 6 nitrogen and oxygen atoms in total. The average Bonchev–Trinajstić information content (AvgIpc) is 2.88. The van der Waals surface area contributed by atoms with Gasteiger partial charge in [-0.2, -0.15) is 0 Å². The molecule has 0 amide bonds. The maximum absolute atomic E-state index is 12.7. The van der Waals surface area contributed by atoms with Gasteiger partial charge in [0.1, 0.15) is 11.4 Å². The first-order valence-corrected chi connectivity index (χ1v) is 9.05. The highest BCUT2D eigenvalue weighted by molar-refractivity contribution is 7.93. The van der Waals surface area contributed by atoms with Gasteiger partial charge in [-0.3, -0.25) is 4.98 Å². The Morgan fingerprint density at radius 2 is 2.09 bits per heavy atom. The van der Waals surface area contributed by atoms with E-state index >= 15 is 0 Å². The van der Waals surface area contributed by atoms with Gasteiger partial charge < -0.3 is 10.5 Å². The van der Waals surface area contributed by atoms with Crippen LogP contribution in [0.4, 0.5) is 13.9 Å². The summed E-state index contributed by atoms with van der Waals surface area (Å²) in [5.74, 6) is -2.89. The summed E-state index contributed by atoms with van der Waals surface area (Å²) >= 11 is 0.867. The molecule has 0 aliphatic heterocycles. The standard InChI is InChI=1S/C13H15F2N3O3S2/c1-3-23(19,20)11-10(18-12(16)22-11)9-5-4-8(6-17-9)21-7-13(2,14)15/h4-6H,3,7H2,1-2H3,(H2,16,18). The van der Waals surface area contributed by atoms with E-state index in [4.69, 9.17) is 10.5 Å². The van der Waals surface area contributed by atoms with Crippen LogP contribution in [0.15, 0.2) is 22.5 Å². The SMILES string of the molecule is CCS(=O)(=O)c1sc(N)nc1-c1ccc(OCC(C)(F)F)cn1. The molecule has 23 heavy (non-hydrogen) atoms. The van der Waals surface area contributed by atoms with Crippen LogP contribution < -0.4 is 10.5 Å². The molecule has 2 N–H and O–H groups in total. The summed E-state index contributed by atoms with van der Waals surface area (Å²) in [5, 5.41) is 0.111. The molecule has 0 fully saturated rings. The Balaban J connectivity index is 2.30. The molecule has 0 atom stereocenters. The van der Waals surface area contributed by atoms with Gasteiger partial charge in [-0.1, -0.05) is 18.3 Å². The Hall–Kier alpha value is -1.81. The molecule has 0 bridgehead atoms. The van der Waals surface area contributed by atoms with Gasteiger partial charge in [0.25, 0.3) is 5.92 Å². The van der Waals surface area contributed by atoms with Crippen molar-refractivity contribution in [2.75, 3.05) is 18.1 Å². The summed E-state index contributed by atoms with van der Waals surface area (Å²) < 4.78 is 54.6. The van der Waals surface area contributed by atoms with Gasteiger partial charge in [0.2, 0.25) is 0 Å². The zero-order valence-electron chi connectivity index (χ0n) is 12.4. The first-order valence-electron chi connectivity index (χ1n) is 6.58. The molecule has 0 saturated heterocycles. The maximum Gasteiger partial charge on any atom is 0.278 e. The van der Waals surface area contributed by atoms with Gasteiger partial charge in [0.15, 0.2) is 25.8 Å². The number of alkyl halides is 2. The summed E-state index contributed by atoms with van der Waals surface area (Å²) in [6.07, 6.45) is 1.24. The second kappa shape index (κ2) is 6.36. The summed E-state index contributed by atoms with van der Waals surface area (Å²) in [5.41, 5.74) is 6.03. The van der Waals surface area contributed by atoms with Crippen molar-refractivity contribution >= 4 is 26.3 Å². The number of thiazole rings is 1. The Morgan fingerprint density at radius 3 is 2.61 bits per heavy atom. The second-order valence-electron chi connectivity index (χ2n) is 4.83. The van der Waals surface area contributed by atoms with Crippen molar-refractivity contribution in [2.45, 2.75) is 24.0 Å². The van der Waals surface area contributed by atoms with Gasteiger partial charge in [-0.25, -0.2) is 22.2 Å². The summed E-state index contributed by atoms with van der Waals surface area (Å²) in [6, 6.07) is 2.87. The smallest absolute Gasteiger partial charge is 0.278 e. The van der Waals surface area contributed by atoms with Crippen LogP contribution in [0, 0.1) is 0 Å². The summed E-state index contributed by atoms with van der Waals surface area (Å²) in [6.45, 7) is 1.49. The number of nitrogens with two attached hydrogens (primary N) is 1. The van der Waals surface area contributed by atoms with Gasteiger partial charge >= 0.3 is 0 Å². The van der Waals surface area contributed by atoms with E-state index in [2.05, 4.69) is 9.97 Å². The molecule has 0 spiro atoms. The molecule has 0 aliphatic carbocycles. The number of ether oxygens (including phenoxy) is 1. The highest BCUT2D eigenvalue weighted by Gasteiger charge is 2.24. The topological polar surface area (TPSA) is 95.2 Å². The monoisotopic (exact) mass is 363 g/mol. The van der Waals surface area contributed by atoms with Crippen molar-refractivity contribution in [1.82, 2.24) is 9.97 Å². The minimum atomic E-state index is -3.49. The molecule has 0 unspecified atom stereocenters. The fourth-order valence-electron chi connectivity index (χ4n) is 1.64. The Morgan fingerprint density at radius 1 is 1.39 bits per heavy atom. The number of nitrogens with zero attached hydrogens (tertiary/aromatic N) is 2. The minimum Gasteiger partial charge on any atom is -0.486 e. The Bertz CT molecular complexity index is 784. The predicted molar refractivity (Wildman–Crippen MR) is 83.6 cm³/mol. The van der Waals surface area contributed by atoms with Crippen LogP contribution in [0.3, 0.4) is 0 Å². The molecule has 2 heterocycles. The highest BCUT2D eigenvalue weighted by Crippen LogP contribution is 2.33. The molecule has 126 valence electrons. The quantitative estimate of drug-likeness (QED) is 0.848. The summed E-state index contributed by atoms with van der Waals surface area (Å²) in [7, 11) is -3.49. The Kier molecular flexibility index (Phi) is 4.85. The van der Waals surface area contributed by atoms with Crippen LogP contribution >= 0.6 is 11.3 Å². The first-order chi connectivity index (χ1) is 10.6. The summed E-state index contributed by atoms with van der Waals surface area (Å²) in [4.78, 5) is 8.03. The maximum atomic E-state index is 12.7. The molecule has 10 heteroatoms. The minimum absolute atomic E-state index is 0.0405. The molecular weight excluding hydrogens is 348 g/mol. The fraction of sp³-hybridized carbons (Fsp3) is 0.385. The van der Waals surface area contributed by atoms with Crippen molar-refractivity contribution in [3.63, 3.8) is 0 Å². The molecular formula is C13H15F2N3O3S2. The molecule has 0 aromatic carbocycles. The van der Waals surface area contributed by atoms with E-state index in [1.807, 2.05) is 0 Å². The van der Waals surface area contributed by atoms with E-state index < -0.39 is 22.4 Å². The highest BCUT2D eigenvalue weighted by atomic mass is 32.2. The van der Waals surface area contributed by atoms with Crippen molar-refractivity contribution in [3.8, 4) is 17.1 Å². The molecule has 0 aliphatic rings. The van der Waals surface area contributed by atoms with E-state index in [9.17, 15) is 17.2 Å². The lowest BCUT2D eigenvalue weighted by Gasteiger charge is -2.11. The normalized spacial score (nSPS) is 12.3. The lowest BCUT2D eigenvalue weighted by atomic mass is 10.3. The molecule has 0 radical (unpaired) electrons. The van der Waals surface area contributed by atoms with Gasteiger partial charge in [0, 0.05) is 6.92 Å². The number of pyridine rings is 1. The van der Waals surface area contributed by atoms with Crippen molar-refractivity contribution in [3.05, 3.63) is 18.3 Å². The van der Waals surface area contributed by atoms with E-state index in [0.29, 0.717) is 0 Å². The number of halogens is 2. The third-order valence-corrected chi connectivity index (χ3v) is 5.96. The predicted octanol–water partition coefficient (Wildman–Crippen LogP) is 2.61. The van der Waals surface area contributed by atoms with Crippen LogP contribution in [0.25, 0.3) is 11.4 Å². The molecule has 2 aromatic heterocycles. The molecule has 2 aromatic rings. The van der Waals surface area contributed by atoms with Crippen LogP contribution in [0.1, 0.15) is 13.8 Å². The zero-order chi connectivity index (χ0) is 17.3. The van der Waals surface area contributed by atoms with Gasteiger partial charge in [0.05, 0.1) is 17.6 Å². The lowest BCUT2D eigenvalue weighted by Crippen LogP contribution is -2.20. The van der Waals surface area contributed by atoms with Gasteiger partial charge in [-0.15, -0.1) is 0 Å². The van der Waals surface area contributed by atoms with Crippen LogP contribution in [-0.2, 0) is 9.84 Å². The van der Waals surface area contributed by atoms with Crippen LogP contribution in [0.5, 0.6) is 5.75 Å². The Labute approximate surface area is 136 Å². The fourth-order valence-corrected chi connectivity index (χ4v) is 4.04. The third kappa shape index (κ3) is 4.35. The number of rotatable bonds is 6. The van der Waals surface area contributed by atoms with E-state index in [1.165, 1.54) is 25.3 Å². The number of hydrogen-bond donors (Lipinski definition) is 1. The molecule has 0 saturated carbocycles. The number of aromatic nitrogens is 2. The zero-order valence-corrected chi connectivity index (χ0v) is 14.0. The van der Waals surface area contributed by atoms with E-state index in [0.717, 1.165) is 18.3 Å². The van der Waals surface area contributed by atoms with E-state index in [1.54, 1.807) is 0 Å². The number of hydrogen-bond acceptors (Lipinski definition) is 7. The third-order valence-electron chi connectivity index (χ3n) is 2.75. The largest absolute Gasteiger partial charge is 0.486 e. The number of sulfone groups is 1. The molecule has 2 rings (SSSR count). The average molecular weight is 363 g/mol. The van der Waals surface area contributed by atoms with Crippen LogP contribution in [-0.4, -0.2) is 36.7 Å². The van der Waals surface area contributed by atoms with Crippen molar-refractivity contribution in [2.24, 2.45) is 0 Å². The van der Waals surface area contributed by atoms with Crippen LogP contribution in [0.2, 0.25) is 0 Å². The van der Waals surface area contributed by atoms with E-state index in [-0.39, 0.29) is 32.2 Å². The number of anilines is 1.